The predicted octanol–water partition coefficient (Wildman–Crippen LogP) is 0.847. The SMILES string of the molecule is NS(=O)(=O)CC1CC(=O)N(c2ccc3c(c2)C(=O)CCC3)C1. The number of amides is 1. The molecule has 118 valence electrons. The Balaban J connectivity index is 1.84. The van der Waals surface area contributed by atoms with Crippen LogP contribution in [0.15, 0.2) is 18.2 Å². The van der Waals surface area contributed by atoms with E-state index in [-0.39, 0.29) is 29.8 Å². The quantitative estimate of drug-likeness (QED) is 0.892. The van der Waals surface area contributed by atoms with Gasteiger partial charge in [-0.1, -0.05) is 6.07 Å². The molecule has 0 spiro atoms. The third kappa shape index (κ3) is 3.05. The summed E-state index contributed by atoms with van der Waals surface area (Å²) >= 11 is 0. The highest BCUT2D eigenvalue weighted by atomic mass is 32.2. The Morgan fingerprint density at radius 1 is 1.23 bits per heavy atom. The second kappa shape index (κ2) is 5.48. The summed E-state index contributed by atoms with van der Waals surface area (Å²) in [6.45, 7) is 0.322. The van der Waals surface area contributed by atoms with Gasteiger partial charge in [0.2, 0.25) is 15.9 Å². The number of sulfonamides is 1. The van der Waals surface area contributed by atoms with E-state index in [0.29, 0.717) is 24.2 Å². The Labute approximate surface area is 129 Å². The van der Waals surface area contributed by atoms with Crippen LogP contribution in [0.25, 0.3) is 0 Å². The Kier molecular flexibility index (Phi) is 3.78. The van der Waals surface area contributed by atoms with Crippen molar-refractivity contribution in [2.75, 3.05) is 17.2 Å². The number of benzene rings is 1. The van der Waals surface area contributed by atoms with Gasteiger partial charge in [0.05, 0.1) is 5.75 Å². The van der Waals surface area contributed by atoms with Crippen LogP contribution in [0, 0.1) is 5.92 Å². The molecule has 22 heavy (non-hydrogen) atoms. The fraction of sp³-hybridized carbons (Fsp3) is 0.467. The van der Waals surface area contributed by atoms with Gasteiger partial charge in [0.25, 0.3) is 0 Å². The lowest BCUT2D eigenvalue weighted by Gasteiger charge is -2.21. The number of primary sulfonamides is 1. The lowest BCUT2D eigenvalue weighted by atomic mass is 9.90. The van der Waals surface area contributed by atoms with E-state index in [1.54, 1.807) is 11.0 Å². The van der Waals surface area contributed by atoms with Gasteiger partial charge in [0, 0.05) is 36.6 Å². The fourth-order valence-corrected chi connectivity index (χ4v) is 4.14. The molecular formula is C15H18N2O4S. The highest BCUT2D eigenvalue weighted by Gasteiger charge is 2.33. The Morgan fingerprint density at radius 2 is 2.00 bits per heavy atom. The lowest BCUT2D eigenvalue weighted by molar-refractivity contribution is -0.117. The fourth-order valence-electron chi connectivity index (χ4n) is 3.26. The van der Waals surface area contributed by atoms with E-state index in [1.165, 1.54) is 0 Å². The van der Waals surface area contributed by atoms with Crippen LogP contribution in [-0.2, 0) is 21.2 Å². The topological polar surface area (TPSA) is 97.5 Å². The highest BCUT2D eigenvalue weighted by Crippen LogP contribution is 2.30. The molecule has 1 aromatic rings. The minimum absolute atomic E-state index is 0.107. The van der Waals surface area contributed by atoms with Crippen molar-refractivity contribution in [1.82, 2.24) is 0 Å². The van der Waals surface area contributed by atoms with E-state index in [2.05, 4.69) is 0 Å². The number of nitrogens with two attached hydrogens (primary N) is 1. The number of nitrogens with zero attached hydrogens (tertiary/aromatic N) is 1. The number of ketones is 1. The molecule has 0 bridgehead atoms. The molecule has 1 unspecified atom stereocenters. The zero-order valence-electron chi connectivity index (χ0n) is 12.1. The van der Waals surface area contributed by atoms with Crippen LogP contribution in [0.4, 0.5) is 5.69 Å². The van der Waals surface area contributed by atoms with Crippen LogP contribution in [0.1, 0.15) is 35.2 Å². The van der Waals surface area contributed by atoms with Gasteiger partial charge < -0.3 is 4.90 Å². The Hall–Kier alpha value is -1.73. The summed E-state index contributed by atoms with van der Waals surface area (Å²) in [5.41, 5.74) is 2.37. The van der Waals surface area contributed by atoms with Crippen molar-refractivity contribution in [2.24, 2.45) is 11.1 Å². The first kappa shape index (κ1) is 15.2. The van der Waals surface area contributed by atoms with Crippen molar-refractivity contribution >= 4 is 27.4 Å². The standard InChI is InChI=1S/C15H18N2O4S/c16-22(20,21)9-10-6-15(19)17(8-10)12-5-4-11-2-1-3-14(18)13(11)7-12/h4-5,7,10H,1-3,6,8-9H2,(H2,16,20,21). The molecule has 0 saturated carbocycles. The van der Waals surface area contributed by atoms with Crippen molar-refractivity contribution in [3.8, 4) is 0 Å². The van der Waals surface area contributed by atoms with Crippen LogP contribution < -0.4 is 10.0 Å². The molecule has 1 heterocycles. The number of carbonyl (C=O) groups excluding carboxylic acids is 2. The first-order chi connectivity index (χ1) is 10.3. The second-order valence-electron chi connectivity index (χ2n) is 6.02. The first-order valence-electron chi connectivity index (χ1n) is 7.30. The van der Waals surface area contributed by atoms with E-state index in [4.69, 9.17) is 5.14 Å². The normalized spacial score (nSPS) is 22.0. The van der Waals surface area contributed by atoms with E-state index >= 15 is 0 Å². The number of hydrogen-bond acceptors (Lipinski definition) is 4. The van der Waals surface area contributed by atoms with Gasteiger partial charge in [-0.05, 0) is 30.5 Å². The largest absolute Gasteiger partial charge is 0.312 e. The minimum atomic E-state index is -3.59. The smallest absolute Gasteiger partial charge is 0.227 e. The maximum absolute atomic E-state index is 12.1. The molecule has 3 rings (SSSR count). The summed E-state index contributed by atoms with van der Waals surface area (Å²) in [5.74, 6) is -0.513. The number of carbonyl (C=O) groups is 2. The molecular weight excluding hydrogens is 304 g/mol. The number of rotatable bonds is 3. The molecule has 1 fully saturated rings. The van der Waals surface area contributed by atoms with Crippen molar-refractivity contribution in [3.63, 3.8) is 0 Å². The lowest BCUT2D eigenvalue weighted by Crippen LogP contribution is -2.27. The number of Topliss-reactive ketones (excluding diaryl/α,β-unsaturated/α-hetero) is 1. The van der Waals surface area contributed by atoms with Crippen LogP contribution >= 0.6 is 0 Å². The van der Waals surface area contributed by atoms with Gasteiger partial charge in [-0.2, -0.15) is 0 Å². The number of anilines is 1. The van der Waals surface area contributed by atoms with Crippen LogP contribution in [0.2, 0.25) is 0 Å². The molecule has 2 aliphatic rings. The third-order valence-corrected chi connectivity index (χ3v) is 5.16. The van der Waals surface area contributed by atoms with Crippen LogP contribution in [-0.4, -0.2) is 32.4 Å². The maximum Gasteiger partial charge on any atom is 0.227 e. The predicted molar refractivity (Wildman–Crippen MR) is 82.1 cm³/mol. The summed E-state index contributed by atoms with van der Waals surface area (Å²) < 4.78 is 22.3. The molecule has 1 aliphatic carbocycles. The molecule has 1 aliphatic heterocycles. The number of hydrogen-bond donors (Lipinski definition) is 1. The van der Waals surface area contributed by atoms with Gasteiger partial charge >= 0.3 is 0 Å². The molecule has 0 aromatic heterocycles. The third-order valence-electron chi connectivity index (χ3n) is 4.23. The summed E-state index contributed by atoms with van der Waals surface area (Å²) in [4.78, 5) is 25.7. The zero-order chi connectivity index (χ0) is 15.9. The van der Waals surface area contributed by atoms with Crippen LogP contribution in [0.5, 0.6) is 0 Å². The van der Waals surface area contributed by atoms with Crippen molar-refractivity contribution in [1.29, 1.82) is 0 Å². The monoisotopic (exact) mass is 322 g/mol. The maximum atomic E-state index is 12.1. The Morgan fingerprint density at radius 3 is 2.73 bits per heavy atom. The van der Waals surface area contributed by atoms with Crippen molar-refractivity contribution in [2.45, 2.75) is 25.7 Å². The van der Waals surface area contributed by atoms with Crippen molar-refractivity contribution in [3.05, 3.63) is 29.3 Å². The van der Waals surface area contributed by atoms with Gasteiger partial charge in [-0.15, -0.1) is 0 Å². The Bertz CT molecular complexity index is 742. The average Bonchev–Trinajstić information content (AvgIpc) is 2.77. The van der Waals surface area contributed by atoms with Gasteiger partial charge in [-0.3, -0.25) is 9.59 Å². The van der Waals surface area contributed by atoms with E-state index in [9.17, 15) is 18.0 Å². The van der Waals surface area contributed by atoms with Crippen molar-refractivity contribution < 1.29 is 18.0 Å². The zero-order valence-corrected chi connectivity index (χ0v) is 12.9. The molecule has 0 radical (unpaired) electrons. The van der Waals surface area contributed by atoms with Crippen LogP contribution in [0.3, 0.4) is 0 Å². The molecule has 1 atom stereocenters. The number of fused-ring (bicyclic) bond motifs is 1. The molecule has 2 N–H and O–H groups in total. The van der Waals surface area contributed by atoms with Gasteiger partial charge in [-0.25, -0.2) is 13.6 Å². The van der Waals surface area contributed by atoms with E-state index in [1.807, 2.05) is 12.1 Å². The summed E-state index contributed by atoms with van der Waals surface area (Å²) in [5, 5.41) is 5.05. The summed E-state index contributed by atoms with van der Waals surface area (Å²) in [6, 6.07) is 5.48. The minimum Gasteiger partial charge on any atom is -0.312 e. The summed E-state index contributed by atoms with van der Waals surface area (Å²) in [6.07, 6.45) is 2.45. The molecule has 6 nitrogen and oxygen atoms in total. The van der Waals surface area contributed by atoms with E-state index < -0.39 is 10.0 Å². The highest BCUT2D eigenvalue weighted by molar-refractivity contribution is 7.89. The number of aryl methyl sites for hydroxylation is 1. The first-order valence-corrected chi connectivity index (χ1v) is 9.02. The molecule has 7 heteroatoms. The summed E-state index contributed by atoms with van der Waals surface area (Å²) in [7, 11) is -3.59. The second-order valence-corrected chi connectivity index (χ2v) is 7.68. The molecule has 1 amide bonds. The molecule has 1 aromatic carbocycles. The average molecular weight is 322 g/mol. The molecule has 1 saturated heterocycles. The van der Waals surface area contributed by atoms with Gasteiger partial charge in [0.15, 0.2) is 5.78 Å². The van der Waals surface area contributed by atoms with Gasteiger partial charge in [0.1, 0.15) is 0 Å². The van der Waals surface area contributed by atoms with E-state index in [0.717, 1.165) is 18.4 Å².